The van der Waals surface area contributed by atoms with E-state index in [1.807, 2.05) is 6.92 Å². The molecular formula is C13H10Br2ClNO2S. The van der Waals surface area contributed by atoms with E-state index in [9.17, 15) is 8.42 Å². The Labute approximate surface area is 139 Å². The molecule has 3 nitrogen and oxygen atoms in total. The smallest absolute Gasteiger partial charge is 0.261 e. The summed E-state index contributed by atoms with van der Waals surface area (Å²) in [5.41, 5.74) is 1.29. The van der Waals surface area contributed by atoms with Gasteiger partial charge in [-0.3, -0.25) is 4.72 Å². The first-order valence-electron chi connectivity index (χ1n) is 5.53. The number of anilines is 1. The van der Waals surface area contributed by atoms with E-state index in [0.29, 0.717) is 15.2 Å². The van der Waals surface area contributed by atoms with Gasteiger partial charge in [-0.1, -0.05) is 27.5 Å². The van der Waals surface area contributed by atoms with Crippen molar-refractivity contribution < 1.29 is 8.42 Å². The Morgan fingerprint density at radius 3 is 2.35 bits per heavy atom. The molecule has 0 saturated heterocycles. The van der Waals surface area contributed by atoms with Gasteiger partial charge < -0.3 is 0 Å². The fourth-order valence-corrected chi connectivity index (χ4v) is 3.88. The molecule has 20 heavy (non-hydrogen) atoms. The Balaban J connectivity index is 2.38. The van der Waals surface area contributed by atoms with Crippen molar-refractivity contribution in [3.8, 4) is 0 Å². The van der Waals surface area contributed by atoms with Gasteiger partial charge in [0, 0.05) is 14.0 Å². The Hall–Kier alpha value is -0.560. The van der Waals surface area contributed by atoms with Crippen LogP contribution in [0.25, 0.3) is 0 Å². The summed E-state index contributed by atoms with van der Waals surface area (Å²) in [6.07, 6.45) is 0. The van der Waals surface area contributed by atoms with Crippen molar-refractivity contribution in [1.82, 2.24) is 0 Å². The minimum Gasteiger partial charge on any atom is -0.278 e. The molecule has 2 aromatic carbocycles. The molecule has 0 bridgehead atoms. The van der Waals surface area contributed by atoms with Crippen LogP contribution in [0.1, 0.15) is 5.56 Å². The van der Waals surface area contributed by atoms with E-state index in [2.05, 4.69) is 36.6 Å². The number of aryl methyl sites for hydroxylation is 1. The molecule has 0 atom stereocenters. The second-order valence-corrected chi connectivity index (χ2v) is 7.97. The fraction of sp³-hybridized carbons (Fsp3) is 0.0769. The quantitative estimate of drug-likeness (QED) is 0.734. The average molecular weight is 440 g/mol. The van der Waals surface area contributed by atoms with Gasteiger partial charge in [0.1, 0.15) is 0 Å². The number of hydrogen-bond acceptors (Lipinski definition) is 2. The van der Waals surface area contributed by atoms with E-state index in [-0.39, 0.29) is 4.90 Å². The normalized spacial score (nSPS) is 11.4. The highest BCUT2D eigenvalue weighted by Crippen LogP contribution is 2.28. The first-order chi connectivity index (χ1) is 9.29. The Bertz CT molecular complexity index is 763. The van der Waals surface area contributed by atoms with Crippen LogP contribution in [0.2, 0.25) is 5.02 Å². The third-order valence-corrected chi connectivity index (χ3v) is 5.76. The van der Waals surface area contributed by atoms with Crippen LogP contribution in [0.5, 0.6) is 0 Å². The molecule has 7 heteroatoms. The summed E-state index contributed by atoms with van der Waals surface area (Å²) in [5, 5.41) is 0.527. The van der Waals surface area contributed by atoms with Crippen LogP contribution in [0.3, 0.4) is 0 Å². The number of benzene rings is 2. The minimum atomic E-state index is -3.63. The van der Waals surface area contributed by atoms with Crippen molar-refractivity contribution in [1.29, 1.82) is 0 Å². The molecule has 0 fully saturated rings. The maximum atomic E-state index is 12.3. The van der Waals surface area contributed by atoms with Gasteiger partial charge in [-0.15, -0.1) is 0 Å². The molecule has 0 aliphatic carbocycles. The van der Waals surface area contributed by atoms with Gasteiger partial charge in [-0.2, -0.15) is 0 Å². The molecule has 1 N–H and O–H groups in total. The first-order valence-corrected chi connectivity index (χ1v) is 8.98. The van der Waals surface area contributed by atoms with Gasteiger partial charge in [0.25, 0.3) is 10.0 Å². The molecule has 2 aromatic rings. The van der Waals surface area contributed by atoms with Crippen molar-refractivity contribution in [2.45, 2.75) is 11.8 Å². The molecule has 0 aromatic heterocycles. The second kappa shape index (κ2) is 6.05. The predicted octanol–water partition coefficient (Wildman–Crippen LogP) is 4.97. The number of nitrogens with one attached hydrogen (secondary N) is 1. The van der Waals surface area contributed by atoms with Gasteiger partial charge in [0.05, 0.1) is 10.6 Å². The summed E-state index contributed by atoms with van der Waals surface area (Å²) in [5.74, 6) is 0. The zero-order valence-corrected chi connectivity index (χ0v) is 15.1. The van der Waals surface area contributed by atoms with Crippen LogP contribution >= 0.6 is 43.5 Å². The van der Waals surface area contributed by atoms with Crippen molar-refractivity contribution in [2.24, 2.45) is 0 Å². The second-order valence-electron chi connectivity index (χ2n) is 4.14. The molecule has 0 saturated carbocycles. The summed E-state index contributed by atoms with van der Waals surface area (Å²) in [7, 11) is -3.63. The number of sulfonamides is 1. The fourth-order valence-electron chi connectivity index (χ4n) is 1.56. The van der Waals surface area contributed by atoms with Crippen LogP contribution < -0.4 is 4.72 Å². The average Bonchev–Trinajstić information content (AvgIpc) is 2.36. The van der Waals surface area contributed by atoms with Crippen LogP contribution in [0.4, 0.5) is 5.69 Å². The van der Waals surface area contributed by atoms with E-state index in [1.54, 1.807) is 36.4 Å². The predicted molar refractivity (Wildman–Crippen MR) is 88.8 cm³/mol. The van der Waals surface area contributed by atoms with Crippen molar-refractivity contribution in [3.63, 3.8) is 0 Å². The Kier molecular flexibility index (Phi) is 4.79. The van der Waals surface area contributed by atoms with E-state index in [1.165, 1.54) is 0 Å². The number of hydrogen-bond donors (Lipinski definition) is 1. The lowest BCUT2D eigenvalue weighted by Crippen LogP contribution is -2.13. The molecule has 0 spiro atoms. The summed E-state index contributed by atoms with van der Waals surface area (Å²) in [6.45, 7) is 1.83. The third-order valence-electron chi connectivity index (χ3n) is 2.62. The van der Waals surface area contributed by atoms with Gasteiger partial charge in [0.15, 0.2) is 0 Å². The van der Waals surface area contributed by atoms with E-state index >= 15 is 0 Å². The lowest BCUT2D eigenvalue weighted by molar-refractivity contribution is 0.601. The SMILES string of the molecule is Cc1cc(S(=O)(=O)Nc2ccc(Cl)cc2Br)ccc1Br. The van der Waals surface area contributed by atoms with Gasteiger partial charge in [-0.25, -0.2) is 8.42 Å². The molecule has 0 radical (unpaired) electrons. The van der Waals surface area contributed by atoms with Crippen LogP contribution in [-0.4, -0.2) is 8.42 Å². The molecular weight excluding hydrogens is 429 g/mol. The highest BCUT2D eigenvalue weighted by molar-refractivity contribution is 9.11. The van der Waals surface area contributed by atoms with Gasteiger partial charge in [-0.05, 0) is 64.8 Å². The number of halogens is 3. The van der Waals surface area contributed by atoms with Crippen molar-refractivity contribution in [3.05, 3.63) is 55.9 Å². The summed E-state index contributed by atoms with van der Waals surface area (Å²) < 4.78 is 28.6. The van der Waals surface area contributed by atoms with E-state index < -0.39 is 10.0 Å². The first kappa shape index (κ1) is 15.8. The number of rotatable bonds is 3. The molecule has 0 aliphatic heterocycles. The maximum absolute atomic E-state index is 12.3. The summed E-state index contributed by atoms with van der Waals surface area (Å²) >= 11 is 12.5. The molecule has 0 unspecified atom stereocenters. The Morgan fingerprint density at radius 2 is 1.75 bits per heavy atom. The molecule has 2 rings (SSSR count). The monoisotopic (exact) mass is 437 g/mol. The topological polar surface area (TPSA) is 46.2 Å². The van der Waals surface area contributed by atoms with Crippen LogP contribution in [0.15, 0.2) is 50.2 Å². The van der Waals surface area contributed by atoms with E-state index in [0.717, 1.165) is 10.0 Å². The molecule has 106 valence electrons. The van der Waals surface area contributed by atoms with Gasteiger partial charge in [0.2, 0.25) is 0 Å². The third kappa shape index (κ3) is 3.55. The van der Waals surface area contributed by atoms with Crippen molar-refractivity contribution in [2.75, 3.05) is 4.72 Å². The lowest BCUT2D eigenvalue weighted by Gasteiger charge is -2.11. The van der Waals surface area contributed by atoms with Gasteiger partial charge >= 0.3 is 0 Å². The molecule has 0 aliphatic rings. The standard InChI is InChI=1S/C13H10Br2ClNO2S/c1-8-6-10(3-4-11(8)14)20(18,19)17-13-5-2-9(16)7-12(13)15/h2-7,17H,1H3. The Morgan fingerprint density at radius 1 is 1.05 bits per heavy atom. The molecule has 0 heterocycles. The van der Waals surface area contributed by atoms with E-state index in [4.69, 9.17) is 11.6 Å². The zero-order valence-electron chi connectivity index (χ0n) is 10.3. The lowest BCUT2D eigenvalue weighted by atomic mass is 10.2. The highest BCUT2D eigenvalue weighted by atomic mass is 79.9. The summed E-state index contributed by atoms with van der Waals surface area (Å²) in [4.78, 5) is 0.208. The van der Waals surface area contributed by atoms with Crippen LogP contribution in [-0.2, 0) is 10.0 Å². The minimum absolute atomic E-state index is 0.208. The van der Waals surface area contributed by atoms with Crippen molar-refractivity contribution >= 4 is 59.2 Å². The largest absolute Gasteiger partial charge is 0.278 e. The zero-order chi connectivity index (χ0) is 14.9. The molecule has 0 amide bonds. The maximum Gasteiger partial charge on any atom is 0.261 e. The highest BCUT2D eigenvalue weighted by Gasteiger charge is 2.16. The summed E-state index contributed by atoms with van der Waals surface area (Å²) in [6, 6.07) is 9.72. The van der Waals surface area contributed by atoms with Crippen LogP contribution in [0, 0.1) is 6.92 Å².